The van der Waals surface area contributed by atoms with Gasteiger partial charge in [0.2, 0.25) is 17.7 Å². The van der Waals surface area contributed by atoms with Crippen molar-refractivity contribution in [2.45, 2.75) is 135 Å². The summed E-state index contributed by atoms with van der Waals surface area (Å²) in [4.78, 5) is 84.4. The number of phenolic OH excluding ortho intramolecular Hbond substituents is 1. The number of aromatic hydroxyl groups is 1. The van der Waals surface area contributed by atoms with Crippen molar-refractivity contribution in [1.29, 1.82) is 0 Å². The maximum absolute atomic E-state index is 15.0. The lowest BCUT2D eigenvalue weighted by Crippen LogP contribution is -2.62. The number of aromatic nitrogens is 2. The van der Waals surface area contributed by atoms with Crippen molar-refractivity contribution in [1.82, 2.24) is 45.3 Å². The van der Waals surface area contributed by atoms with E-state index in [1.807, 2.05) is 19.2 Å². The van der Waals surface area contributed by atoms with Crippen molar-refractivity contribution in [3.63, 3.8) is 0 Å². The van der Waals surface area contributed by atoms with Gasteiger partial charge in [-0.1, -0.05) is 38.8 Å². The molecule has 77 heavy (non-hydrogen) atoms. The Morgan fingerprint density at radius 1 is 0.961 bits per heavy atom. The fraction of sp³-hybridized carbons (Fsp3) is 0.593. The molecule has 414 valence electrons. The number of hydrogen-bond donors (Lipinski definition) is 4. The fourth-order valence-electron chi connectivity index (χ4n) is 12.6. The van der Waals surface area contributed by atoms with Gasteiger partial charge in [-0.2, -0.15) is 0 Å². The van der Waals surface area contributed by atoms with Crippen LogP contribution < -0.4 is 21.0 Å². The molecule has 5 fully saturated rings. The van der Waals surface area contributed by atoms with E-state index < -0.39 is 41.3 Å². The number of nitrogens with zero attached hydrogens (tertiary/aromatic N) is 7. The maximum Gasteiger partial charge on any atom is 0.324 e. The first-order valence-corrected chi connectivity index (χ1v) is 28.2. The molecule has 10 rings (SSSR count). The zero-order chi connectivity index (χ0) is 54.4. The highest BCUT2D eigenvalue weighted by molar-refractivity contribution is 5.97. The first-order valence-electron chi connectivity index (χ1n) is 28.2. The minimum atomic E-state index is -1.16. The van der Waals surface area contributed by atoms with Crippen LogP contribution in [0.3, 0.4) is 0 Å². The summed E-state index contributed by atoms with van der Waals surface area (Å²) in [6.07, 6.45) is 8.60. The monoisotopic (exact) mass is 1060 g/mol. The molecule has 6 heterocycles. The largest absolute Gasteiger partial charge is 0.508 e. The van der Waals surface area contributed by atoms with E-state index in [0.29, 0.717) is 37.3 Å². The number of methoxy groups -OCH3 is 1. The number of amides is 4. The number of likely N-dealkylation sites (N-methyl/N-ethyl adjacent to an activating group) is 3. The molecule has 6 atom stereocenters. The van der Waals surface area contributed by atoms with Crippen LogP contribution in [-0.2, 0) is 52.8 Å². The molecule has 6 aliphatic rings. The average molecular weight is 1060 g/mol. The van der Waals surface area contributed by atoms with Gasteiger partial charge in [0.25, 0.3) is 5.91 Å². The van der Waals surface area contributed by atoms with E-state index in [9.17, 15) is 24.3 Å². The molecule has 4 N–H and O–H groups in total. The third kappa shape index (κ3) is 11.6. The summed E-state index contributed by atoms with van der Waals surface area (Å²) in [6.45, 7) is 12.9. The molecule has 2 aromatic carbocycles. The second kappa shape index (κ2) is 22.3. The summed E-state index contributed by atoms with van der Waals surface area (Å²) in [7, 11) is 7.10. The summed E-state index contributed by atoms with van der Waals surface area (Å²) in [6, 6.07) is 10.9. The van der Waals surface area contributed by atoms with Gasteiger partial charge >= 0.3 is 5.97 Å². The lowest BCUT2D eigenvalue weighted by atomic mass is 9.84. The van der Waals surface area contributed by atoms with Gasteiger partial charge in [0, 0.05) is 94.8 Å². The minimum Gasteiger partial charge on any atom is -0.508 e. The Bertz CT molecular complexity index is 2890. The van der Waals surface area contributed by atoms with E-state index in [2.05, 4.69) is 82.5 Å². The quantitative estimate of drug-likeness (QED) is 0.0977. The number of carbonyl (C=O) groups excluding carboxylic acids is 5. The van der Waals surface area contributed by atoms with Crippen molar-refractivity contribution in [2.24, 2.45) is 17.3 Å². The van der Waals surface area contributed by atoms with Gasteiger partial charge in [-0.05, 0) is 130 Å². The number of nitrogens with one attached hydrogen (secondary N) is 3. The molecular formula is C59H80N10O8. The molecule has 4 amide bonds. The summed E-state index contributed by atoms with van der Waals surface area (Å²) in [5, 5.41) is 20.4. The van der Waals surface area contributed by atoms with Gasteiger partial charge in [-0.15, -0.1) is 0 Å². The molecule has 1 unspecified atom stereocenters. The van der Waals surface area contributed by atoms with E-state index in [1.54, 1.807) is 33.3 Å². The van der Waals surface area contributed by atoms with Crippen molar-refractivity contribution < 1.29 is 38.6 Å². The highest BCUT2D eigenvalue weighted by Crippen LogP contribution is 2.44. The SMILES string of the molecule is CCn1c(-c2cc(N3CCN(C)CC3)cnc2[C@H](C)OC)c2c3cc(ccc31)-c1cc(O)cc(c1)C[C@H](NC(=O)C(C1CCCC1)N(C)C(=O)CN(C)C(=O)[C@@H]1N[C@@H]1C1CC1)C(=O)N1CCC[C@H](N1)C(=O)OCC(C)(C)C2. The molecule has 0 spiro atoms. The van der Waals surface area contributed by atoms with E-state index in [1.165, 1.54) is 14.8 Å². The third-order valence-electron chi connectivity index (χ3n) is 17.3. The number of hydrogen-bond acceptors (Lipinski definition) is 13. The molecular weight excluding hydrogens is 977 g/mol. The van der Waals surface area contributed by atoms with Crippen molar-refractivity contribution in [3.8, 4) is 28.1 Å². The predicted molar refractivity (Wildman–Crippen MR) is 295 cm³/mol. The number of piperazine rings is 1. The van der Waals surface area contributed by atoms with Crippen molar-refractivity contribution in [2.75, 3.05) is 79.0 Å². The number of benzene rings is 2. The number of ether oxygens (including phenoxy) is 2. The second-order valence-corrected chi connectivity index (χ2v) is 23.7. The molecule has 4 aromatic rings. The van der Waals surface area contributed by atoms with E-state index in [-0.39, 0.29) is 67.8 Å². The van der Waals surface area contributed by atoms with Crippen LogP contribution in [0.2, 0.25) is 0 Å². The summed E-state index contributed by atoms with van der Waals surface area (Å²) in [5.74, 6) is -1.55. The summed E-state index contributed by atoms with van der Waals surface area (Å²) < 4.78 is 14.6. The highest BCUT2D eigenvalue weighted by Gasteiger charge is 2.52. The Morgan fingerprint density at radius 2 is 1.71 bits per heavy atom. The van der Waals surface area contributed by atoms with Crippen LogP contribution in [0.5, 0.6) is 5.75 Å². The van der Waals surface area contributed by atoms with Gasteiger partial charge < -0.3 is 44.1 Å². The third-order valence-corrected chi connectivity index (χ3v) is 17.3. The van der Waals surface area contributed by atoms with Gasteiger partial charge in [-0.3, -0.25) is 39.3 Å². The van der Waals surface area contributed by atoms with Crippen LogP contribution >= 0.6 is 0 Å². The van der Waals surface area contributed by atoms with Crippen molar-refractivity contribution in [3.05, 3.63) is 65.5 Å². The number of phenols is 1. The smallest absolute Gasteiger partial charge is 0.324 e. The van der Waals surface area contributed by atoms with Crippen LogP contribution in [-0.4, -0.2) is 168 Å². The van der Waals surface area contributed by atoms with Gasteiger partial charge in [0.05, 0.1) is 42.5 Å². The molecule has 0 radical (unpaired) electrons. The maximum atomic E-state index is 15.0. The number of cyclic esters (lactones) is 1. The minimum absolute atomic E-state index is 0.000669. The van der Waals surface area contributed by atoms with Crippen molar-refractivity contribution >= 4 is 46.2 Å². The predicted octanol–water partition coefficient (Wildman–Crippen LogP) is 5.43. The molecule has 4 aliphatic heterocycles. The molecule has 6 bridgehead atoms. The van der Waals surface area contributed by atoms with Crippen LogP contribution in [0.25, 0.3) is 33.3 Å². The number of hydrazine groups is 1. The standard InChI is InChI=1S/C59H80N10O8/c1-9-68-48-19-18-39-29-43(48)45(54(68)44-30-41(32-60-50(44)35(2)76-8)67-23-21-64(5)22-24-67)31-59(3,4)34-77-58(75)46-15-12-20-69(63-46)56(73)47(27-36-25-40(39)28-42(70)26-36)61-55(72)53(38-13-10-11-14-38)66(7)49(71)33-65(6)57(74)52-51(62-52)37-16-17-37/h18-19,25-26,28-30,32,35,37-38,46-47,51-53,62-63,70H,9-17,20-24,27,31,33-34H2,1-8H3,(H,61,72)/t35-,46-,47-,51+,52+,53?/m0/s1. The van der Waals surface area contributed by atoms with Gasteiger partial charge in [0.1, 0.15) is 29.9 Å². The number of carbonyl (C=O) groups is 5. The van der Waals surface area contributed by atoms with E-state index in [4.69, 9.17) is 14.5 Å². The Morgan fingerprint density at radius 3 is 2.43 bits per heavy atom. The van der Waals surface area contributed by atoms with Gasteiger partial charge in [-0.25, -0.2) is 5.43 Å². The fourth-order valence-corrected chi connectivity index (χ4v) is 12.6. The molecule has 3 saturated heterocycles. The van der Waals surface area contributed by atoms with Crippen LogP contribution in [0.4, 0.5) is 5.69 Å². The zero-order valence-electron chi connectivity index (χ0n) is 46.4. The average Bonchev–Trinajstić information content (AvgIpc) is 4.38. The Kier molecular flexibility index (Phi) is 15.8. The Balaban J connectivity index is 1.03. The highest BCUT2D eigenvalue weighted by atomic mass is 16.5. The lowest BCUT2D eigenvalue weighted by Gasteiger charge is -2.37. The van der Waals surface area contributed by atoms with E-state index >= 15 is 4.79 Å². The molecule has 2 aromatic heterocycles. The number of rotatable bonds is 13. The number of anilines is 1. The molecule has 2 saturated carbocycles. The van der Waals surface area contributed by atoms with Crippen LogP contribution in [0.15, 0.2) is 48.7 Å². The van der Waals surface area contributed by atoms with Gasteiger partial charge in [0.15, 0.2) is 0 Å². The first-order chi connectivity index (χ1) is 36.9. The van der Waals surface area contributed by atoms with E-state index in [0.717, 1.165) is 115 Å². The summed E-state index contributed by atoms with van der Waals surface area (Å²) >= 11 is 0. The first kappa shape index (κ1) is 54.3. The Labute approximate surface area is 453 Å². The molecule has 18 nitrogen and oxygen atoms in total. The number of fused-ring (bicyclic) bond motifs is 6. The number of esters is 1. The number of aryl methyl sites for hydroxylation is 1. The molecule has 2 aliphatic carbocycles. The normalized spacial score (nSPS) is 24.0. The van der Waals surface area contributed by atoms with Crippen LogP contribution in [0, 0.1) is 17.3 Å². The van der Waals surface area contributed by atoms with Crippen LogP contribution in [0.1, 0.15) is 102 Å². The number of pyridine rings is 1. The lowest BCUT2D eigenvalue weighted by molar-refractivity contribution is -0.155. The Hall–Kier alpha value is -6.08. The second-order valence-electron chi connectivity index (χ2n) is 23.7. The zero-order valence-corrected chi connectivity index (χ0v) is 46.4. The topological polar surface area (TPSA) is 204 Å². The molecule has 18 heteroatoms. The summed E-state index contributed by atoms with van der Waals surface area (Å²) in [5.41, 5.74) is 10.7.